The molecule has 12 nitrogen and oxygen atoms in total. The standard InChI is InChI=1S/C49H46F2N10O2/c1-7-29-17-45-46(59(6)49(63)58(45)5)19-44(29)61-24-28(13-32-15-36(33-20-54-56(3)25-33)38(47(50)51)18-43(32)61)23-60-27-40(48(62)52-2)37-14-31(11-12-42(37)60)35-10-8-9-30-16-41(53-22-39(30)35)34-21-55-57(4)26-34/h8-12,14-22,25-28,47H,7,13,23-24H2,1-6H3,(H,52,62). The minimum atomic E-state index is -2.72. The summed E-state index contributed by atoms with van der Waals surface area (Å²) in [5, 5.41) is 14.3. The molecule has 9 aromatic rings. The molecule has 0 fully saturated rings. The van der Waals surface area contributed by atoms with Crippen LogP contribution < -0.4 is 15.9 Å². The first-order valence-corrected chi connectivity index (χ1v) is 21.0. The van der Waals surface area contributed by atoms with Crippen LogP contribution in [0.5, 0.6) is 0 Å². The zero-order chi connectivity index (χ0) is 43.8. The van der Waals surface area contributed by atoms with Crippen molar-refractivity contribution in [2.75, 3.05) is 18.5 Å². The van der Waals surface area contributed by atoms with Crippen LogP contribution in [0, 0.1) is 5.92 Å². The molecule has 0 saturated carbocycles. The number of benzene rings is 4. The van der Waals surface area contributed by atoms with E-state index in [0.29, 0.717) is 42.6 Å². The summed E-state index contributed by atoms with van der Waals surface area (Å²) < 4.78 is 38.9. The van der Waals surface area contributed by atoms with Crippen molar-refractivity contribution in [1.82, 2.24) is 43.6 Å². The molecule has 4 aromatic carbocycles. The van der Waals surface area contributed by atoms with Crippen molar-refractivity contribution in [2.45, 2.75) is 32.7 Å². The number of nitrogens with zero attached hydrogens (tertiary/aromatic N) is 9. The number of hydrogen-bond acceptors (Lipinski definition) is 6. The number of fused-ring (bicyclic) bond motifs is 4. The first-order chi connectivity index (χ1) is 30.4. The maximum absolute atomic E-state index is 15.0. The molecule has 0 radical (unpaired) electrons. The van der Waals surface area contributed by atoms with Crippen LogP contribution >= 0.6 is 0 Å². The predicted octanol–water partition coefficient (Wildman–Crippen LogP) is 8.72. The molecule has 5 aromatic heterocycles. The number of aryl methyl sites for hydroxylation is 5. The van der Waals surface area contributed by atoms with Gasteiger partial charge in [-0.1, -0.05) is 31.2 Å². The van der Waals surface area contributed by atoms with E-state index in [0.717, 1.165) is 77.6 Å². The fourth-order valence-electron chi connectivity index (χ4n) is 9.59. The summed E-state index contributed by atoms with van der Waals surface area (Å²) in [4.78, 5) is 33.7. The zero-order valence-electron chi connectivity index (χ0n) is 35.9. The van der Waals surface area contributed by atoms with E-state index in [1.165, 1.54) is 0 Å². The Balaban J connectivity index is 1.08. The summed E-state index contributed by atoms with van der Waals surface area (Å²) in [5.74, 6) is -0.204. The number of pyridine rings is 1. The monoisotopic (exact) mass is 844 g/mol. The van der Waals surface area contributed by atoms with Crippen molar-refractivity contribution in [2.24, 2.45) is 34.1 Å². The Kier molecular flexibility index (Phi) is 9.61. The van der Waals surface area contributed by atoms with Crippen LogP contribution in [0.15, 0.2) is 109 Å². The van der Waals surface area contributed by atoms with Gasteiger partial charge in [-0.05, 0) is 94.4 Å². The zero-order valence-corrected chi connectivity index (χ0v) is 35.9. The molecule has 0 aliphatic carbocycles. The van der Waals surface area contributed by atoms with E-state index in [9.17, 15) is 9.59 Å². The maximum atomic E-state index is 15.0. The van der Waals surface area contributed by atoms with E-state index >= 15 is 8.78 Å². The molecule has 0 saturated heterocycles. The van der Waals surface area contributed by atoms with Crippen LogP contribution in [0.1, 0.15) is 40.4 Å². The number of alkyl halides is 2. The number of carbonyl (C=O) groups excluding carboxylic acids is 1. The molecule has 1 aliphatic rings. The second kappa shape index (κ2) is 15.2. The van der Waals surface area contributed by atoms with Gasteiger partial charge < -0.3 is 14.8 Å². The molecule has 14 heteroatoms. The Morgan fingerprint density at radius 1 is 0.794 bits per heavy atom. The highest BCUT2D eigenvalue weighted by Gasteiger charge is 2.32. The summed E-state index contributed by atoms with van der Waals surface area (Å²) in [6.45, 7) is 3.13. The SMILES string of the molecule is CCc1cc2c(cc1N1CC(Cn3cc(C(=O)NC)c4cc(-c5cccc6cc(-c7cnn(C)c7)ncc56)ccc43)Cc3cc(-c4cnn(C)c4)c(C(F)F)cc31)n(C)c(=O)n2C. The van der Waals surface area contributed by atoms with Gasteiger partial charge in [-0.25, -0.2) is 13.6 Å². The van der Waals surface area contributed by atoms with Gasteiger partial charge >= 0.3 is 5.69 Å². The summed E-state index contributed by atoms with van der Waals surface area (Å²) >= 11 is 0. The van der Waals surface area contributed by atoms with Gasteiger partial charge in [0.05, 0.1) is 34.7 Å². The van der Waals surface area contributed by atoms with Crippen LogP contribution in [0.25, 0.3) is 66.2 Å². The Labute approximate surface area is 361 Å². The lowest BCUT2D eigenvalue weighted by Crippen LogP contribution is -2.35. The average molecular weight is 845 g/mol. The molecule has 6 heterocycles. The molecule has 10 rings (SSSR count). The lowest BCUT2D eigenvalue weighted by Gasteiger charge is -2.38. The lowest BCUT2D eigenvalue weighted by atomic mass is 9.87. The lowest BCUT2D eigenvalue weighted by molar-refractivity contribution is 0.0964. The topological polar surface area (TPSA) is 113 Å². The second-order valence-corrected chi connectivity index (χ2v) is 16.7. The third kappa shape index (κ3) is 6.67. The van der Waals surface area contributed by atoms with E-state index in [2.05, 4.69) is 68.3 Å². The van der Waals surface area contributed by atoms with Gasteiger partial charge in [0.25, 0.3) is 12.3 Å². The third-order valence-corrected chi connectivity index (χ3v) is 12.8. The summed E-state index contributed by atoms with van der Waals surface area (Å²) in [6, 6.07) is 22.1. The third-order valence-electron chi connectivity index (χ3n) is 12.8. The summed E-state index contributed by atoms with van der Waals surface area (Å²) in [7, 11) is 8.82. The fourth-order valence-corrected chi connectivity index (χ4v) is 9.59. The first kappa shape index (κ1) is 39.8. The molecule has 1 atom stereocenters. The normalized spacial score (nSPS) is 14.1. The van der Waals surface area contributed by atoms with Crippen molar-refractivity contribution in [3.05, 3.63) is 137 Å². The molecule has 1 unspecified atom stereocenters. The van der Waals surface area contributed by atoms with Gasteiger partial charge in [0, 0.05) is 117 Å². The number of anilines is 2. The fraction of sp³-hybridized carbons (Fsp3) is 0.245. The van der Waals surface area contributed by atoms with E-state index in [4.69, 9.17) is 4.98 Å². The molecule has 1 amide bonds. The number of aromatic nitrogens is 8. The van der Waals surface area contributed by atoms with Gasteiger partial charge in [-0.2, -0.15) is 10.2 Å². The number of rotatable bonds is 9. The van der Waals surface area contributed by atoms with Crippen LogP contribution in [0.4, 0.5) is 20.2 Å². The summed E-state index contributed by atoms with van der Waals surface area (Å²) in [6.07, 6.45) is 9.52. The Morgan fingerprint density at radius 3 is 2.24 bits per heavy atom. The number of imidazole rings is 1. The van der Waals surface area contributed by atoms with E-state index in [1.807, 2.05) is 49.9 Å². The van der Waals surface area contributed by atoms with Gasteiger partial charge in [-0.3, -0.25) is 28.3 Å². The van der Waals surface area contributed by atoms with E-state index in [1.54, 1.807) is 71.3 Å². The molecule has 0 spiro atoms. The van der Waals surface area contributed by atoms with E-state index < -0.39 is 6.43 Å². The number of nitrogens with one attached hydrogen (secondary N) is 1. The minimum absolute atomic E-state index is 0.0115. The van der Waals surface area contributed by atoms with Gasteiger partial charge in [0.1, 0.15) is 0 Å². The quantitative estimate of drug-likeness (QED) is 0.156. The molecule has 1 N–H and O–H groups in total. The van der Waals surface area contributed by atoms with Crippen molar-refractivity contribution in [3.8, 4) is 33.5 Å². The van der Waals surface area contributed by atoms with E-state index in [-0.39, 0.29) is 23.1 Å². The highest BCUT2D eigenvalue weighted by atomic mass is 19.3. The minimum Gasteiger partial charge on any atom is -0.355 e. The maximum Gasteiger partial charge on any atom is 0.328 e. The molecule has 318 valence electrons. The molecular weight excluding hydrogens is 799 g/mol. The first-order valence-electron chi connectivity index (χ1n) is 21.0. The number of amides is 1. The van der Waals surface area contributed by atoms with Crippen LogP contribution in [0.2, 0.25) is 0 Å². The largest absolute Gasteiger partial charge is 0.355 e. The Morgan fingerprint density at radius 2 is 1.54 bits per heavy atom. The highest BCUT2D eigenvalue weighted by molar-refractivity contribution is 6.09. The predicted molar refractivity (Wildman–Crippen MR) is 244 cm³/mol. The van der Waals surface area contributed by atoms with Gasteiger partial charge in [0.15, 0.2) is 0 Å². The smallest absolute Gasteiger partial charge is 0.328 e. The number of hydrogen-bond donors (Lipinski definition) is 1. The van der Waals surface area contributed by atoms with Gasteiger partial charge in [-0.15, -0.1) is 0 Å². The average Bonchev–Trinajstić information content (AvgIpc) is 4.07. The molecular formula is C49H46F2N10O2. The molecule has 1 aliphatic heterocycles. The van der Waals surface area contributed by atoms with Gasteiger partial charge in [0.2, 0.25) is 0 Å². The van der Waals surface area contributed by atoms with Crippen molar-refractivity contribution < 1.29 is 13.6 Å². The number of carbonyl (C=O) groups is 1. The number of halogens is 2. The van der Waals surface area contributed by atoms with Crippen molar-refractivity contribution in [1.29, 1.82) is 0 Å². The van der Waals surface area contributed by atoms with Crippen molar-refractivity contribution in [3.63, 3.8) is 0 Å². The summed E-state index contributed by atoms with van der Waals surface area (Å²) in [5.41, 5.74) is 11.2. The molecule has 0 bridgehead atoms. The second-order valence-electron chi connectivity index (χ2n) is 16.7. The van der Waals surface area contributed by atoms with Crippen LogP contribution in [0.3, 0.4) is 0 Å². The molecule has 63 heavy (non-hydrogen) atoms. The highest BCUT2D eigenvalue weighted by Crippen LogP contribution is 2.45. The Hall–Kier alpha value is -7.35. The van der Waals surface area contributed by atoms with Crippen LogP contribution in [-0.4, -0.2) is 57.7 Å². The Bertz CT molecular complexity index is 3350. The van der Waals surface area contributed by atoms with Crippen molar-refractivity contribution >= 4 is 50.0 Å². The van der Waals surface area contributed by atoms with Crippen LogP contribution in [-0.2, 0) is 47.6 Å².